The lowest BCUT2D eigenvalue weighted by Crippen LogP contribution is -2.40. The molecule has 3 heteroatoms. The van der Waals surface area contributed by atoms with Crippen molar-refractivity contribution in [2.75, 3.05) is 0 Å². The van der Waals surface area contributed by atoms with Gasteiger partial charge in [-0.3, -0.25) is 9.59 Å². The first-order valence-electron chi connectivity index (χ1n) is 8.82. The fourth-order valence-electron chi connectivity index (χ4n) is 5.36. The number of fused-ring (bicyclic) bond motifs is 4. The molecule has 3 nitrogen and oxygen atoms in total. The Morgan fingerprint density at radius 1 is 1.22 bits per heavy atom. The zero-order valence-corrected chi connectivity index (χ0v) is 13.9. The van der Waals surface area contributed by atoms with Crippen LogP contribution in [-0.4, -0.2) is 17.9 Å². The quantitative estimate of drug-likeness (QED) is 0.690. The molecule has 0 radical (unpaired) electrons. The number of allylic oxidation sites excluding steroid dienone is 5. The largest absolute Gasteiger partial charge is 0.462 e. The van der Waals surface area contributed by atoms with E-state index in [4.69, 9.17) is 4.74 Å². The average molecular weight is 312 g/mol. The fraction of sp³-hybridized carbons (Fsp3) is 0.600. The third kappa shape index (κ3) is 2.24. The number of carbonyl (C=O) groups is 2. The van der Waals surface area contributed by atoms with Gasteiger partial charge in [-0.25, -0.2) is 0 Å². The molecule has 4 atom stereocenters. The normalized spacial score (nSPS) is 38.6. The Morgan fingerprint density at radius 2 is 2.04 bits per heavy atom. The van der Waals surface area contributed by atoms with Gasteiger partial charge in [0.15, 0.2) is 5.78 Å². The van der Waals surface area contributed by atoms with Crippen molar-refractivity contribution in [1.29, 1.82) is 0 Å². The summed E-state index contributed by atoms with van der Waals surface area (Å²) in [6.45, 7) is 3.76. The van der Waals surface area contributed by atoms with Gasteiger partial charge in [0.2, 0.25) is 0 Å². The molecular formula is C20H24O3. The monoisotopic (exact) mass is 312 g/mol. The molecule has 122 valence electrons. The molecule has 4 aliphatic carbocycles. The van der Waals surface area contributed by atoms with Crippen molar-refractivity contribution in [2.24, 2.45) is 17.3 Å². The number of hydrogen-bond acceptors (Lipinski definition) is 3. The average Bonchev–Trinajstić information content (AvgIpc) is 2.83. The van der Waals surface area contributed by atoms with Crippen LogP contribution in [0.2, 0.25) is 0 Å². The number of carbonyl (C=O) groups excluding carboxylic acids is 2. The molecule has 0 heterocycles. The van der Waals surface area contributed by atoms with E-state index >= 15 is 0 Å². The zero-order valence-electron chi connectivity index (χ0n) is 13.9. The Bertz CT molecular complexity index is 666. The molecule has 0 spiro atoms. The molecule has 1 saturated carbocycles. The lowest BCUT2D eigenvalue weighted by molar-refractivity contribution is -0.150. The van der Waals surface area contributed by atoms with Crippen LogP contribution in [0.25, 0.3) is 0 Å². The lowest BCUT2D eigenvalue weighted by atomic mass is 9.60. The van der Waals surface area contributed by atoms with E-state index in [0.29, 0.717) is 18.3 Å². The number of esters is 1. The molecule has 0 N–H and O–H groups in total. The standard InChI is InChI=1S/C20H24O3/c1-12(21)23-19-8-7-18-17-5-3-13-11-14(22)4-6-15(13)16(17)9-10-20(18,19)2/h9-11,17-19H,3-8H2,1-2H3/t17-,18+,19+,20+/m1/s1. The third-order valence-electron chi connectivity index (χ3n) is 6.47. The first kappa shape index (κ1) is 14.9. The molecule has 0 aromatic carbocycles. The van der Waals surface area contributed by atoms with Gasteiger partial charge in [-0.15, -0.1) is 0 Å². The van der Waals surface area contributed by atoms with Gasteiger partial charge >= 0.3 is 5.97 Å². The number of ether oxygens (including phenoxy) is 1. The first-order valence-corrected chi connectivity index (χ1v) is 8.82. The SMILES string of the molecule is CC(=O)O[C@H]1CC[C@H]2[C@@H]3CCC4=CC(=O)CCC4=C3C=C[C@]12C. The summed E-state index contributed by atoms with van der Waals surface area (Å²) >= 11 is 0. The van der Waals surface area contributed by atoms with Crippen LogP contribution in [0.4, 0.5) is 0 Å². The van der Waals surface area contributed by atoms with Crippen molar-refractivity contribution in [3.63, 3.8) is 0 Å². The topological polar surface area (TPSA) is 43.4 Å². The van der Waals surface area contributed by atoms with Gasteiger partial charge in [0.1, 0.15) is 6.10 Å². The lowest BCUT2D eigenvalue weighted by Gasteiger charge is -2.45. The highest BCUT2D eigenvalue weighted by atomic mass is 16.5. The highest BCUT2D eigenvalue weighted by Gasteiger charge is 2.53. The maximum Gasteiger partial charge on any atom is 0.302 e. The molecule has 0 amide bonds. The summed E-state index contributed by atoms with van der Waals surface area (Å²) in [5, 5.41) is 0. The molecule has 0 bridgehead atoms. The van der Waals surface area contributed by atoms with Gasteiger partial charge in [0, 0.05) is 18.8 Å². The number of rotatable bonds is 1. The molecular weight excluding hydrogens is 288 g/mol. The zero-order chi connectivity index (χ0) is 16.2. The van der Waals surface area contributed by atoms with Gasteiger partial charge in [-0.1, -0.05) is 19.1 Å². The van der Waals surface area contributed by atoms with E-state index in [2.05, 4.69) is 19.1 Å². The van der Waals surface area contributed by atoms with Crippen LogP contribution in [0, 0.1) is 17.3 Å². The van der Waals surface area contributed by atoms with Crippen molar-refractivity contribution in [2.45, 2.75) is 58.5 Å². The summed E-state index contributed by atoms with van der Waals surface area (Å²) in [4.78, 5) is 23.1. The Morgan fingerprint density at radius 3 is 2.83 bits per heavy atom. The van der Waals surface area contributed by atoms with Crippen LogP contribution < -0.4 is 0 Å². The minimum Gasteiger partial charge on any atom is -0.462 e. The van der Waals surface area contributed by atoms with Gasteiger partial charge in [0.05, 0.1) is 0 Å². The Kier molecular flexibility index (Phi) is 3.36. The van der Waals surface area contributed by atoms with Gasteiger partial charge in [-0.05, 0) is 66.7 Å². The van der Waals surface area contributed by atoms with Crippen LogP contribution in [-0.2, 0) is 14.3 Å². The maximum atomic E-state index is 11.7. The predicted molar refractivity (Wildman–Crippen MR) is 87.6 cm³/mol. The Hall–Kier alpha value is -1.64. The van der Waals surface area contributed by atoms with Gasteiger partial charge in [0.25, 0.3) is 0 Å². The minimum atomic E-state index is -0.172. The molecule has 0 aliphatic heterocycles. The van der Waals surface area contributed by atoms with Crippen LogP contribution in [0.15, 0.2) is 34.9 Å². The van der Waals surface area contributed by atoms with Crippen LogP contribution >= 0.6 is 0 Å². The van der Waals surface area contributed by atoms with Gasteiger partial charge in [-0.2, -0.15) is 0 Å². The summed E-state index contributed by atoms with van der Waals surface area (Å²) < 4.78 is 5.62. The third-order valence-corrected chi connectivity index (χ3v) is 6.47. The van der Waals surface area contributed by atoms with Crippen molar-refractivity contribution >= 4 is 11.8 Å². The predicted octanol–water partition coefficient (Wildman–Crippen LogP) is 3.90. The molecule has 4 aliphatic rings. The minimum absolute atomic E-state index is 0.0117. The molecule has 0 unspecified atom stereocenters. The maximum absolute atomic E-state index is 11.7. The molecule has 0 saturated heterocycles. The summed E-state index contributed by atoms with van der Waals surface area (Å²) in [5.41, 5.74) is 4.12. The van der Waals surface area contributed by atoms with Crippen molar-refractivity contribution < 1.29 is 14.3 Å². The first-order chi connectivity index (χ1) is 11.0. The number of ketones is 1. The van der Waals surface area contributed by atoms with Crippen LogP contribution in [0.1, 0.15) is 52.4 Å². The van der Waals surface area contributed by atoms with Crippen molar-refractivity contribution in [3.8, 4) is 0 Å². The summed E-state index contributed by atoms with van der Waals surface area (Å²) in [6, 6.07) is 0. The summed E-state index contributed by atoms with van der Waals surface area (Å²) in [5.74, 6) is 1.22. The second-order valence-electron chi connectivity index (χ2n) is 7.70. The molecule has 1 fully saturated rings. The van der Waals surface area contributed by atoms with Crippen molar-refractivity contribution in [1.82, 2.24) is 0 Å². The van der Waals surface area contributed by atoms with E-state index in [-0.39, 0.29) is 23.3 Å². The van der Waals surface area contributed by atoms with Crippen molar-refractivity contribution in [3.05, 3.63) is 34.9 Å². The Balaban J connectivity index is 1.73. The summed E-state index contributed by atoms with van der Waals surface area (Å²) in [7, 11) is 0. The van der Waals surface area contributed by atoms with E-state index in [1.165, 1.54) is 23.6 Å². The van der Waals surface area contributed by atoms with E-state index in [1.807, 2.05) is 6.08 Å². The molecule has 0 aromatic rings. The summed E-state index contributed by atoms with van der Waals surface area (Å²) in [6.07, 6.45) is 12.2. The number of hydrogen-bond donors (Lipinski definition) is 0. The smallest absolute Gasteiger partial charge is 0.302 e. The van der Waals surface area contributed by atoms with E-state index in [9.17, 15) is 9.59 Å². The highest BCUT2D eigenvalue weighted by Crippen LogP contribution is 2.57. The van der Waals surface area contributed by atoms with Crippen LogP contribution in [0.5, 0.6) is 0 Å². The second kappa shape index (κ2) is 5.19. The Labute approximate surface area is 137 Å². The second-order valence-corrected chi connectivity index (χ2v) is 7.70. The fourth-order valence-corrected chi connectivity index (χ4v) is 5.36. The molecule has 23 heavy (non-hydrogen) atoms. The van der Waals surface area contributed by atoms with E-state index in [1.54, 1.807) is 0 Å². The highest BCUT2D eigenvalue weighted by molar-refractivity contribution is 5.93. The molecule has 0 aromatic heterocycles. The van der Waals surface area contributed by atoms with Crippen LogP contribution in [0.3, 0.4) is 0 Å². The molecule has 4 rings (SSSR count). The van der Waals surface area contributed by atoms with E-state index < -0.39 is 0 Å². The van der Waals surface area contributed by atoms with Gasteiger partial charge < -0.3 is 4.74 Å². The van der Waals surface area contributed by atoms with E-state index in [0.717, 1.165) is 32.1 Å².